The van der Waals surface area contributed by atoms with Crippen molar-refractivity contribution in [3.05, 3.63) is 23.8 Å². The van der Waals surface area contributed by atoms with E-state index in [-0.39, 0.29) is 12.5 Å². The van der Waals surface area contributed by atoms with Crippen molar-refractivity contribution in [2.75, 3.05) is 18.2 Å². The van der Waals surface area contributed by atoms with Gasteiger partial charge < -0.3 is 10.1 Å². The zero-order chi connectivity index (χ0) is 13.2. The molecule has 0 spiro atoms. The van der Waals surface area contributed by atoms with E-state index >= 15 is 0 Å². The van der Waals surface area contributed by atoms with E-state index in [1.165, 1.54) is 0 Å². The molecule has 1 aromatic carbocycles. The molecule has 1 aliphatic heterocycles. The molecule has 0 atom stereocenters. The smallest absolute Gasteiger partial charge is 0.227 e. The highest BCUT2D eigenvalue weighted by molar-refractivity contribution is 7.88. The van der Waals surface area contributed by atoms with Crippen molar-refractivity contribution in [3.8, 4) is 5.75 Å². The Labute approximate surface area is 105 Å². The normalized spacial score (nSPS) is 15.3. The SMILES string of the molecule is CS(=O)(=O)NCc1ccc2c(c1)NC(=O)CCO2. The Bertz CT molecular complexity index is 568. The summed E-state index contributed by atoms with van der Waals surface area (Å²) in [6.45, 7) is 0.530. The number of amides is 1. The number of benzene rings is 1. The first kappa shape index (κ1) is 12.8. The molecule has 18 heavy (non-hydrogen) atoms. The summed E-state index contributed by atoms with van der Waals surface area (Å²) in [5.41, 5.74) is 1.33. The van der Waals surface area contributed by atoms with Gasteiger partial charge in [0.25, 0.3) is 0 Å². The van der Waals surface area contributed by atoms with Crippen LogP contribution in [-0.2, 0) is 21.4 Å². The van der Waals surface area contributed by atoms with Crippen LogP contribution in [0.1, 0.15) is 12.0 Å². The second kappa shape index (κ2) is 4.95. The van der Waals surface area contributed by atoms with Crippen LogP contribution in [0, 0.1) is 0 Å². The number of hydrogen-bond donors (Lipinski definition) is 2. The zero-order valence-corrected chi connectivity index (χ0v) is 10.7. The summed E-state index contributed by atoms with van der Waals surface area (Å²) in [7, 11) is -3.23. The van der Waals surface area contributed by atoms with Gasteiger partial charge in [-0.1, -0.05) is 6.07 Å². The topological polar surface area (TPSA) is 84.5 Å². The van der Waals surface area contributed by atoms with Crippen molar-refractivity contribution in [2.45, 2.75) is 13.0 Å². The molecule has 0 fully saturated rings. The molecule has 0 radical (unpaired) electrons. The fraction of sp³-hybridized carbons (Fsp3) is 0.364. The fourth-order valence-electron chi connectivity index (χ4n) is 1.59. The van der Waals surface area contributed by atoms with Gasteiger partial charge in [0, 0.05) is 6.54 Å². The third-order valence-corrected chi connectivity index (χ3v) is 3.11. The molecule has 0 saturated carbocycles. The molecule has 98 valence electrons. The van der Waals surface area contributed by atoms with E-state index in [0.29, 0.717) is 24.5 Å². The van der Waals surface area contributed by atoms with Gasteiger partial charge in [0.15, 0.2) is 0 Å². The number of carbonyl (C=O) groups is 1. The minimum absolute atomic E-state index is 0.109. The number of sulfonamides is 1. The van der Waals surface area contributed by atoms with Crippen LogP contribution in [0.15, 0.2) is 18.2 Å². The molecule has 7 heteroatoms. The van der Waals surface area contributed by atoms with Crippen LogP contribution in [0.25, 0.3) is 0 Å². The molecular formula is C11H14N2O4S. The van der Waals surface area contributed by atoms with E-state index in [2.05, 4.69) is 10.0 Å². The molecular weight excluding hydrogens is 256 g/mol. The first-order chi connectivity index (χ1) is 8.44. The van der Waals surface area contributed by atoms with Crippen molar-refractivity contribution in [2.24, 2.45) is 0 Å². The Hall–Kier alpha value is -1.60. The van der Waals surface area contributed by atoms with Crippen LogP contribution in [0.4, 0.5) is 5.69 Å². The maximum atomic E-state index is 11.4. The minimum Gasteiger partial charge on any atom is -0.491 e. The van der Waals surface area contributed by atoms with Crippen LogP contribution in [0.3, 0.4) is 0 Å². The number of rotatable bonds is 3. The zero-order valence-electron chi connectivity index (χ0n) is 9.89. The highest BCUT2D eigenvalue weighted by Crippen LogP contribution is 2.28. The summed E-state index contributed by atoms with van der Waals surface area (Å²) in [6.07, 6.45) is 1.41. The highest BCUT2D eigenvalue weighted by atomic mass is 32.2. The molecule has 0 unspecified atom stereocenters. The number of fused-ring (bicyclic) bond motifs is 1. The summed E-state index contributed by atoms with van der Waals surface area (Å²) < 4.78 is 29.8. The Balaban J connectivity index is 2.18. The molecule has 2 rings (SSSR count). The predicted octanol–water partition coefficient (Wildman–Crippen LogP) is 0.457. The van der Waals surface area contributed by atoms with E-state index in [4.69, 9.17) is 4.74 Å². The van der Waals surface area contributed by atoms with Gasteiger partial charge in [-0.05, 0) is 17.7 Å². The van der Waals surface area contributed by atoms with E-state index in [1.807, 2.05) is 0 Å². The minimum atomic E-state index is -3.23. The maximum Gasteiger partial charge on any atom is 0.227 e. The summed E-state index contributed by atoms with van der Waals surface area (Å²) in [4.78, 5) is 11.4. The van der Waals surface area contributed by atoms with Crippen LogP contribution in [0.2, 0.25) is 0 Å². The molecule has 0 aliphatic carbocycles. The lowest BCUT2D eigenvalue weighted by Gasteiger charge is -2.09. The molecule has 0 aromatic heterocycles. The van der Waals surface area contributed by atoms with Gasteiger partial charge in [-0.15, -0.1) is 0 Å². The van der Waals surface area contributed by atoms with Crippen molar-refractivity contribution >= 4 is 21.6 Å². The van der Waals surface area contributed by atoms with Gasteiger partial charge in [0.2, 0.25) is 15.9 Å². The average molecular weight is 270 g/mol. The second-order valence-corrected chi connectivity index (χ2v) is 5.90. The summed E-state index contributed by atoms with van der Waals surface area (Å²) in [5, 5.41) is 2.72. The van der Waals surface area contributed by atoms with Crippen LogP contribution in [0.5, 0.6) is 5.75 Å². The third-order valence-electron chi connectivity index (χ3n) is 2.44. The molecule has 1 aliphatic rings. The van der Waals surface area contributed by atoms with Crippen molar-refractivity contribution in [3.63, 3.8) is 0 Å². The summed E-state index contributed by atoms with van der Waals surface area (Å²) in [5.74, 6) is 0.492. The van der Waals surface area contributed by atoms with E-state index in [1.54, 1.807) is 18.2 Å². The van der Waals surface area contributed by atoms with Crippen LogP contribution >= 0.6 is 0 Å². The average Bonchev–Trinajstić information content (AvgIpc) is 2.45. The van der Waals surface area contributed by atoms with Crippen molar-refractivity contribution < 1.29 is 17.9 Å². The largest absolute Gasteiger partial charge is 0.491 e. The van der Waals surface area contributed by atoms with Gasteiger partial charge in [-0.2, -0.15) is 0 Å². The molecule has 0 bridgehead atoms. The second-order valence-electron chi connectivity index (χ2n) is 4.07. The lowest BCUT2D eigenvalue weighted by molar-refractivity contribution is -0.116. The Morgan fingerprint density at radius 3 is 2.94 bits per heavy atom. The monoisotopic (exact) mass is 270 g/mol. The van der Waals surface area contributed by atoms with E-state index < -0.39 is 10.0 Å². The Morgan fingerprint density at radius 1 is 1.44 bits per heavy atom. The number of ether oxygens (including phenoxy) is 1. The summed E-state index contributed by atoms with van der Waals surface area (Å²) in [6, 6.07) is 5.19. The lowest BCUT2D eigenvalue weighted by atomic mass is 10.2. The lowest BCUT2D eigenvalue weighted by Crippen LogP contribution is -2.21. The fourth-order valence-corrected chi connectivity index (χ4v) is 2.02. The van der Waals surface area contributed by atoms with Gasteiger partial charge >= 0.3 is 0 Å². The van der Waals surface area contributed by atoms with Gasteiger partial charge in [-0.3, -0.25) is 4.79 Å². The number of nitrogens with one attached hydrogen (secondary N) is 2. The van der Waals surface area contributed by atoms with Crippen LogP contribution < -0.4 is 14.8 Å². The van der Waals surface area contributed by atoms with E-state index in [9.17, 15) is 13.2 Å². The maximum absolute atomic E-state index is 11.4. The van der Waals surface area contributed by atoms with E-state index in [0.717, 1.165) is 11.8 Å². The molecule has 1 aromatic rings. The van der Waals surface area contributed by atoms with Crippen molar-refractivity contribution in [1.29, 1.82) is 0 Å². The van der Waals surface area contributed by atoms with Gasteiger partial charge in [0.05, 0.1) is 25.0 Å². The first-order valence-corrected chi connectivity index (χ1v) is 7.33. The number of hydrogen-bond acceptors (Lipinski definition) is 4. The quantitative estimate of drug-likeness (QED) is 0.835. The summed E-state index contributed by atoms with van der Waals surface area (Å²) >= 11 is 0. The Morgan fingerprint density at radius 2 is 2.22 bits per heavy atom. The molecule has 6 nitrogen and oxygen atoms in total. The molecule has 1 heterocycles. The molecule has 1 amide bonds. The van der Waals surface area contributed by atoms with Gasteiger partial charge in [-0.25, -0.2) is 13.1 Å². The van der Waals surface area contributed by atoms with Gasteiger partial charge in [0.1, 0.15) is 5.75 Å². The first-order valence-electron chi connectivity index (χ1n) is 5.44. The number of anilines is 1. The van der Waals surface area contributed by atoms with Crippen molar-refractivity contribution in [1.82, 2.24) is 4.72 Å². The van der Waals surface area contributed by atoms with Crippen LogP contribution in [-0.4, -0.2) is 27.2 Å². The molecule has 2 N–H and O–H groups in total. The molecule has 0 saturated heterocycles. The predicted molar refractivity (Wildman–Crippen MR) is 66.9 cm³/mol. The Kier molecular flexibility index (Phi) is 3.53. The third kappa shape index (κ3) is 3.44. The highest BCUT2D eigenvalue weighted by Gasteiger charge is 2.14. The standard InChI is InChI=1S/C11H14N2O4S/c1-18(15,16)12-7-8-2-3-10-9(6-8)13-11(14)4-5-17-10/h2-3,6,12H,4-5,7H2,1H3,(H,13,14). The number of carbonyl (C=O) groups excluding carboxylic acids is 1.